The Morgan fingerprint density at radius 1 is 0.688 bits per heavy atom. The number of piperidine rings is 2. The van der Waals surface area contributed by atoms with Crippen molar-refractivity contribution in [2.24, 2.45) is 23.7 Å². The van der Waals surface area contributed by atoms with Crippen LogP contribution in [0.5, 0.6) is 0 Å². The van der Waals surface area contributed by atoms with Crippen LogP contribution in [-0.4, -0.2) is 118 Å². The minimum absolute atomic E-state index is 0.0165. The molecule has 6 saturated heterocycles. The molecule has 8 aliphatic heterocycles. The Labute approximate surface area is 282 Å². The Bertz CT molecular complexity index is 1780. The van der Waals surface area contributed by atoms with Crippen LogP contribution in [0.2, 0.25) is 0 Å². The molecule has 8 heterocycles. The van der Waals surface area contributed by atoms with Crippen molar-refractivity contribution in [2.45, 2.75) is 72.1 Å². The molecule has 0 amide bonds. The highest BCUT2D eigenvalue weighted by Gasteiger charge is 2.91. The van der Waals surface area contributed by atoms with E-state index in [2.05, 4.69) is 84.6 Å². The molecule has 14 atom stereocenters. The molecule has 4 bridgehead atoms. The first kappa shape index (κ1) is 28.0. The number of likely N-dealkylation sites (N-methyl/N-ethyl adjacent to an activating group) is 2. The van der Waals surface area contributed by atoms with E-state index in [1.807, 2.05) is 0 Å². The smallest absolute Gasteiger partial charge is 0.159 e. The van der Waals surface area contributed by atoms with Crippen LogP contribution >= 0.6 is 0 Å². The average Bonchev–Trinajstić information content (AvgIpc) is 3.83. The van der Waals surface area contributed by atoms with Gasteiger partial charge in [0.1, 0.15) is 36.0 Å². The van der Waals surface area contributed by atoms with Gasteiger partial charge in [0.2, 0.25) is 0 Å². The molecule has 2 aromatic carbocycles. The standard InChI is InChI=1S/C40H48N4O4/c1-43-15-13-37-27-7-3-5-9-29(27)41-36-34-26-20-32-38(14-16-44(32,2)22-24(26)12-18-46)28-8-4-6-10-30(28)42(40(34,38)48)35(36)33(39(37,41)47)25(19-31(37)43)23(21-43)11-17-45/h3-12,25-26,31-36,45-48H,13-22H2,1-2H3/q+2/b23-11+,24-12+. The Hall–Kier alpha value is -2.72. The van der Waals surface area contributed by atoms with Crippen molar-refractivity contribution in [3.8, 4) is 0 Å². The van der Waals surface area contributed by atoms with Gasteiger partial charge in [0, 0.05) is 60.7 Å². The molecule has 2 saturated carbocycles. The lowest BCUT2D eigenvalue weighted by atomic mass is 9.52. The number of fused-ring (bicyclic) bond motifs is 13. The molecule has 8 nitrogen and oxygen atoms in total. The van der Waals surface area contributed by atoms with Crippen molar-refractivity contribution in [3.63, 3.8) is 0 Å². The van der Waals surface area contributed by atoms with E-state index in [-0.39, 0.29) is 59.8 Å². The molecule has 250 valence electrons. The minimum Gasteiger partial charge on any atom is -0.392 e. The first-order valence-corrected chi connectivity index (χ1v) is 18.7. The lowest BCUT2D eigenvalue weighted by molar-refractivity contribution is -0.925. The summed E-state index contributed by atoms with van der Waals surface area (Å²) < 4.78 is 1.84. The molecule has 12 rings (SSSR count). The van der Waals surface area contributed by atoms with Gasteiger partial charge in [-0.25, -0.2) is 0 Å². The normalized spacial score (nSPS) is 54.9. The van der Waals surface area contributed by atoms with E-state index >= 15 is 0 Å². The highest BCUT2D eigenvalue weighted by Crippen LogP contribution is 2.80. The van der Waals surface area contributed by atoms with E-state index in [0.29, 0.717) is 12.1 Å². The lowest BCUT2D eigenvalue weighted by Gasteiger charge is -2.62. The maximum Gasteiger partial charge on any atom is 0.159 e. The highest BCUT2D eigenvalue weighted by atomic mass is 16.3. The van der Waals surface area contributed by atoms with Crippen LogP contribution in [-0.2, 0) is 10.8 Å². The number of hydrogen-bond donors (Lipinski definition) is 4. The van der Waals surface area contributed by atoms with E-state index in [1.54, 1.807) is 0 Å². The molecule has 0 radical (unpaired) electrons. The predicted molar refractivity (Wildman–Crippen MR) is 181 cm³/mol. The molecule has 14 unspecified atom stereocenters. The van der Waals surface area contributed by atoms with Crippen LogP contribution in [0.1, 0.15) is 36.8 Å². The monoisotopic (exact) mass is 648 g/mol. The van der Waals surface area contributed by atoms with Crippen molar-refractivity contribution < 1.29 is 29.4 Å². The van der Waals surface area contributed by atoms with Crippen molar-refractivity contribution in [1.82, 2.24) is 0 Å². The number of aliphatic hydroxyl groups is 4. The van der Waals surface area contributed by atoms with Gasteiger partial charge in [-0.05, 0) is 34.4 Å². The Morgan fingerprint density at radius 2 is 1.10 bits per heavy atom. The second-order valence-corrected chi connectivity index (χ2v) is 18.1. The summed E-state index contributed by atoms with van der Waals surface area (Å²) >= 11 is 0. The van der Waals surface area contributed by atoms with Gasteiger partial charge in [0.15, 0.2) is 11.4 Å². The molecule has 0 aromatic heterocycles. The molecular weight excluding hydrogens is 600 g/mol. The van der Waals surface area contributed by atoms with Gasteiger partial charge in [0.25, 0.3) is 0 Å². The maximum atomic E-state index is 14.2. The lowest BCUT2D eigenvalue weighted by Crippen LogP contribution is -2.77. The fourth-order valence-electron chi connectivity index (χ4n) is 16.2. The average molecular weight is 649 g/mol. The summed E-state index contributed by atoms with van der Waals surface area (Å²) in [6.45, 7) is 3.90. The second-order valence-electron chi connectivity index (χ2n) is 18.1. The summed E-state index contributed by atoms with van der Waals surface area (Å²) in [4.78, 5) is 5.03. The number of anilines is 2. The minimum atomic E-state index is -1.11. The van der Waals surface area contributed by atoms with Gasteiger partial charge in [0.05, 0.1) is 52.5 Å². The Kier molecular flexibility index (Phi) is 4.72. The fourth-order valence-corrected chi connectivity index (χ4v) is 16.2. The van der Waals surface area contributed by atoms with Crippen LogP contribution in [0, 0.1) is 23.7 Å². The second kappa shape index (κ2) is 8.09. The molecule has 4 N–H and O–H groups in total. The summed E-state index contributed by atoms with van der Waals surface area (Å²) in [6.07, 6.45) is 8.04. The third-order valence-corrected chi connectivity index (χ3v) is 17.2. The van der Waals surface area contributed by atoms with Crippen molar-refractivity contribution >= 4 is 11.4 Å². The third-order valence-electron chi connectivity index (χ3n) is 17.2. The van der Waals surface area contributed by atoms with Crippen molar-refractivity contribution in [2.75, 3.05) is 63.3 Å². The van der Waals surface area contributed by atoms with E-state index in [1.165, 1.54) is 33.6 Å². The summed E-state index contributed by atoms with van der Waals surface area (Å²) in [5.41, 5.74) is 4.60. The molecule has 8 fully saturated rings. The largest absolute Gasteiger partial charge is 0.392 e. The van der Waals surface area contributed by atoms with E-state index < -0.39 is 11.4 Å². The summed E-state index contributed by atoms with van der Waals surface area (Å²) in [7, 11) is 4.80. The highest BCUT2D eigenvalue weighted by molar-refractivity contribution is 5.78. The van der Waals surface area contributed by atoms with Gasteiger partial charge in [-0.3, -0.25) is 0 Å². The fraction of sp³-hybridized carbons (Fsp3) is 0.600. The number of para-hydroxylation sites is 2. The van der Waals surface area contributed by atoms with Gasteiger partial charge in [-0.2, -0.15) is 0 Å². The Balaban J connectivity index is 1.19. The first-order valence-electron chi connectivity index (χ1n) is 18.7. The van der Waals surface area contributed by atoms with Gasteiger partial charge >= 0.3 is 0 Å². The summed E-state index contributed by atoms with van der Waals surface area (Å²) in [5.74, 6) is 0.00248. The number of benzene rings is 2. The summed E-state index contributed by atoms with van der Waals surface area (Å²) in [5, 5.41) is 49.2. The van der Waals surface area contributed by atoms with Crippen LogP contribution in [0.15, 0.2) is 71.8 Å². The zero-order valence-electron chi connectivity index (χ0n) is 28.0. The van der Waals surface area contributed by atoms with Crippen molar-refractivity contribution in [3.05, 3.63) is 83.0 Å². The van der Waals surface area contributed by atoms with Gasteiger partial charge < -0.3 is 39.2 Å². The van der Waals surface area contributed by atoms with Crippen LogP contribution in [0.3, 0.4) is 0 Å². The topological polar surface area (TPSA) is 87.4 Å². The molecule has 10 aliphatic rings. The van der Waals surface area contributed by atoms with E-state index in [9.17, 15) is 20.4 Å². The zero-order chi connectivity index (χ0) is 32.4. The number of aliphatic hydroxyl groups excluding tert-OH is 2. The molecule has 8 heteroatoms. The predicted octanol–water partition coefficient (Wildman–Crippen LogP) is 2.22. The quantitative estimate of drug-likeness (QED) is 0.295. The van der Waals surface area contributed by atoms with Crippen LogP contribution in [0.4, 0.5) is 11.4 Å². The number of quaternary nitrogens is 2. The maximum absolute atomic E-state index is 14.2. The molecular formula is C40H48N4O4+2. The SMILES string of the molecule is C[N+]12CCC34c5ccccc5N5C6C(C(C(CC31)/C(=C/CO)C2)C54O)N1c2ccccc2C23CC[N+]4(C)C/C(=C\CO)C(CC24)C6C13O. The number of rotatable bonds is 2. The van der Waals surface area contributed by atoms with E-state index in [4.69, 9.17) is 0 Å². The first-order chi connectivity index (χ1) is 23.2. The number of hydrogen-bond acceptors (Lipinski definition) is 6. The summed E-state index contributed by atoms with van der Waals surface area (Å²) in [6, 6.07) is 18.3. The Morgan fingerprint density at radius 3 is 1.52 bits per heavy atom. The molecule has 48 heavy (non-hydrogen) atoms. The van der Waals surface area contributed by atoms with Gasteiger partial charge in [-0.1, -0.05) is 48.6 Å². The molecule has 2 aliphatic carbocycles. The molecule has 2 aromatic rings. The van der Waals surface area contributed by atoms with Gasteiger partial charge in [-0.15, -0.1) is 0 Å². The third kappa shape index (κ3) is 2.41. The van der Waals surface area contributed by atoms with E-state index in [0.717, 1.165) is 60.8 Å². The van der Waals surface area contributed by atoms with Crippen molar-refractivity contribution in [1.29, 1.82) is 0 Å². The van der Waals surface area contributed by atoms with Crippen LogP contribution in [0.25, 0.3) is 0 Å². The molecule has 2 spiro atoms. The van der Waals surface area contributed by atoms with Crippen LogP contribution < -0.4 is 9.80 Å². The zero-order valence-corrected chi connectivity index (χ0v) is 28.0. The number of nitrogens with zero attached hydrogens (tertiary/aromatic N) is 4.